The number of nitrogens with zero attached hydrogens (tertiary/aromatic N) is 2. The van der Waals surface area contributed by atoms with Crippen LogP contribution in [0.2, 0.25) is 0 Å². The minimum atomic E-state index is -5.15. The lowest BCUT2D eigenvalue weighted by molar-refractivity contribution is -0.276. The maximum absolute atomic E-state index is 12.1. The highest BCUT2D eigenvalue weighted by Gasteiger charge is 2.36. The molecule has 16 heavy (non-hydrogen) atoms. The Hall–Kier alpha value is -1.74. The van der Waals surface area contributed by atoms with Gasteiger partial charge in [0.25, 0.3) is 0 Å². The maximum atomic E-state index is 12.1. The summed E-state index contributed by atoms with van der Waals surface area (Å²) in [4.78, 5) is 5.59. The molecule has 2 N–H and O–H groups in total. The molecule has 0 saturated heterocycles. The summed E-state index contributed by atoms with van der Waals surface area (Å²) in [7, 11) is 0. The average Bonchev–Trinajstić information content (AvgIpc) is 1.97. The lowest BCUT2D eigenvalue weighted by Crippen LogP contribution is -2.20. The van der Waals surface area contributed by atoms with E-state index in [-0.39, 0.29) is 6.07 Å². The Balaban J connectivity index is 3.09. The first kappa shape index (κ1) is 12.3. The van der Waals surface area contributed by atoms with E-state index < -0.39 is 30.1 Å². The highest BCUT2D eigenvalue weighted by atomic mass is 19.4. The third-order valence-electron chi connectivity index (χ3n) is 1.23. The Kier molecular flexibility index (Phi) is 2.84. The van der Waals surface area contributed by atoms with Crippen molar-refractivity contribution in [3.63, 3.8) is 0 Å². The standard InChI is InChI=1S/C6H3F6N3O/c7-5(8,9)2-1-3(15-4(13)14-2)16-6(10,11)12/h1H,(H2,13,14,15). The van der Waals surface area contributed by atoms with Crippen molar-refractivity contribution in [2.75, 3.05) is 5.73 Å². The third-order valence-corrected chi connectivity index (χ3v) is 1.23. The second-order valence-electron chi connectivity index (χ2n) is 2.50. The Morgan fingerprint density at radius 3 is 2.06 bits per heavy atom. The van der Waals surface area contributed by atoms with Gasteiger partial charge in [-0.25, -0.2) is 4.98 Å². The fourth-order valence-corrected chi connectivity index (χ4v) is 0.759. The molecule has 0 spiro atoms. The second-order valence-corrected chi connectivity index (χ2v) is 2.50. The number of ether oxygens (including phenoxy) is 1. The summed E-state index contributed by atoms with van der Waals surface area (Å²) in [6.45, 7) is 0. The highest BCUT2D eigenvalue weighted by Crippen LogP contribution is 2.31. The molecule has 0 unspecified atom stereocenters. The summed E-state index contributed by atoms with van der Waals surface area (Å²) < 4.78 is 74.6. The van der Waals surface area contributed by atoms with Crippen LogP contribution in [0.4, 0.5) is 32.3 Å². The predicted molar refractivity (Wildman–Crippen MR) is 38.1 cm³/mol. The van der Waals surface area contributed by atoms with E-state index in [1.807, 2.05) is 0 Å². The number of rotatable bonds is 1. The monoisotopic (exact) mass is 247 g/mol. The van der Waals surface area contributed by atoms with E-state index in [0.717, 1.165) is 0 Å². The molecule has 10 heteroatoms. The molecule has 1 aromatic heterocycles. The summed E-state index contributed by atoms with van der Waals surface area (Å²) in [6, 6.07) is 0.00382. The molecular formula is C6H3F6N3O. The molecule has 0 bridgehead atoms. The van der Waals surface area contributed by atoms with Gasteiger partial charge in [0.2, 0.25) is 11.8 Å². The van der Waals surface area contributed by atoms with Crippen LogP contribution in [0.1, 0.15) is 5.69 Å². The van der Waals surface area contributed by atoms with Gasteiger partial charge in [-0.05, 0) is 0 Å². The van der Waals surface area contributed by atoms with Crippen molar-refractivity contribution in [3.8, 4) is 5.88 Å². The lowest BCUT2D eigenvalue weighted by Gasteiger charge is -2.10. The van der Waals surface area contributed by atoms with Gasteiger partial charge in [0, 0.05) is 6.07 Å². The number of aromatic nitrogens is 2. The van der Waals surface area contributed by atoms with E-state index in [9.17, 15) is 26.3 Å². The smallest absolute Gasteiger partial charge is 0.388 e. The molecule has 1 heterocycles. The summed E-state index contributed by atoms with van der Waals surface area (Å²) in [5, 5.41) is 0. The van der Waals surface area contributed by atoms with E-state index in [0.29, 0.717) is 0 Å². The first-order chi connectivity index (χ1) is 7.08. The average molecular weight is 247 g/mol. The van der Waals surface area contributed by atoms with Gasteiger partial charge in [0.1, 0.15) is 0 Å². The van der Waals surface area contributed by atoms with E-state index in [1.54, 1.807) is 0 Å². The van der Waals surface area contributed by atoms with Crippen molar-refractivity contribution in [3.05, 3.63) is 11.8 Å². The Bertz CT molecular complexity index is 387. The van der Waals surface area contributed by atoms with Crippen molar-refractivity contribution in [2.24, 2.45) is 0 Å². The summed E-state index contributed by atoms with van der Waals surface area (Å²) >= 11 is 0. The van der Waals surface area contributed by atoms with Crippen molar-refractivity contribution in [1.82, 2.24) is 9.97 Å². The van der Waals surface area contributed by atoms with Crippen LogP contribution in [-0.2, 0) is 6.18 Å². The number of nitrogens with two attached hydrogens (primary N) is 1. The lowest BCUT2D eigenvalue weighted by atomic mass is 10.4. The van der Waals surface area contributed by atoms with Crippen LogP contribution in [-0.4, -0.2) is 16.3 Å². The fraction of sp³-hybridized carbons (Fsp3) is 0.333. The van der Waals surface area contributed by atoms with Crippen molar-refractivity contribution >= 4 is 5.95 Å². The third kappa shape index (κ3) is 3.44. The largest absolute Gasteiger partial charge is 0.574 e. The number of alkyl halides is 6. The van der Waals surface area contributed by atoms with Crippen LogP contribution >= 0.6 is 0 Å². The van der Waals surface area contributed by atoms with E-state index >= 15 is 0 Å². The number of nitrogen functional groups attached to an aromatic ring is 1. The van der Waals surface area contributed by atoms with Gasteiger partial charge < -0.3 is 10.5 Å². The molecule has 1 rings (SSSR count). The second kappa shape index (κ2) is 3.68. The first-order valence-electron chi connectivity index (χ1n) is 3.55. The van der Waals surface area contributed by atoms with Crippen LogP contribution in [0, 0.1) is 0 Å². The molecule has 0 atom stereocenters. The summed E-state index contributed by atoms with van der Waals surface area (Å²) in [5.74, 6) is -2.28. The molecule has 0 aromatic carbocycles. The Labute approximate surface area is 84.0 Å². The molecule has 4 nitrogen and oxygen atoms in total. The Morgan fingerprint density at radius 2 is 1.62 bits per heavy atom. The number of halogens is 6. The molecule has 1 aromatic rings. The first-order valence-corrected chi connectivity index (χ1v) is 3.55. The van der Waals surface area contributed by atoms with E-state index in [4.69, 9.17) is 5.73 Å². The van der Waals surface area contributed by atoms with Crippen molar-refractivity contribution < 1.29 is 31.1 Å². The summed E-state index contributed by atoms with van der Waals surface area (Å²) in [5.41, 5.74) is 3.19. The van der Waals surface area contributed by atoms with Crippen molar-refractivity contribution in [2.45, 2.75) is 12.5 Å². The summed E-state index contributed by atoms with van der Waals surface area (Å²) in [6.07, 6.45) is -10.1. The van der Waals surface area contributed by atoms with E-state index in [2.05, 4.69) is 14.7 Å². The molecule has 0 aliphatic rings. The zero-order valence-corrected chi connectivity index (χ0v) is 7.23. The topological polar surface area (TPSA) is 61.0 Å². The van der Waals surface area contributed by atoms with Gasteiger partial charge in [-0.1, -0.05) is 0 Å². The van der Waals surface area contributed by atoms with Crippen LogP contribution < -0.4 is 10.5 Å². The molecule has 0 amide bonds. The molecular weight excluding hydrogens is 244 g/mol. The molecule has 0 aliphatic heterocycles. The van der Waals surface area contributed by atoms with Crippen LogP contribution in [0.25, 0.3) is 0 Å². The minimum Gasteiger partial charge on any atom is -0.388 e. The van der Waals surface area contributed by atoms with Crippen LogP contribution in [0.3, 0.4) is 0 Å². The zero-order valence-electron chi connectivity index (χ0n) is 7.23. The van der Waals surface area contributed by atoms with Gasteiger partial charge in [0.05, 0.1) is 0 Å². The van der Waals surface area contributed by atoms with Gasteiger partial charge in [-0.3, -0.25) is 0 Å². The van der Waals surface area contributed by atoms with Crippen molar-refractivity contribution in [1.29, 1.82) is 0 Å². The van der Waals surface area contributed by atoms with Crippen LogP contribution in [0.15, 0.2) is 6.07 Å². The maximum Gasteiger partial charge on any atom is 0.574 e. The number of hydrogen-bond acceptors (Lipinski definition) is 4. The van der Waals surface area contributed by atoms with Gasteiger partial charge in [-0.2, -0.15) is 18.2 Å². The highest BCUT2D eigenvalue weighted by molar-refractivity contribution is 5.27. The molecule has 0 fully saturated rings. The SMILES string of the molecule is Nc1nc(OC(F)(F)F)cc(C(F)(F)F)n1. The minimum absolute atomic E-state index is 0.00382. The zero-order chi connectivity index (χ0) is 12.6. The number of hydrogen-bond donors (Lipinski definition) is 1. The normalized spacial score (nSPS) is 12.6. The predicted octanol–water partition coefficient (Wildman–Crippen LogP) is 1.98. The van der Waals surface area contributed by atoms with Gasteiger partial charge in [0.15, 0.2) is 5.69 Å². The molecule has 0 saturated carbocycles. The molecule has 0 aliphatic carbocycles. The van der Waals surface area contributed by atoms with Gasteiger partial charge >= 0.3 is 12.5 Å². The van der Waals surface area contributed by atoms with Crippen LogP contribution in [0.5, 0.6) is 5.88 Å². The molecule has 0 radical (unpaired) electrons. The Morgan fingerprint density at radius 1 is 1.06 bits per heavy atom. The fourth-order valence-electron chi connectivity index (χ4n) is 0.759. The quantitative estimate of drug-likeness (QED) is 0.770. The number of anilines is 1. The molecule has 90 valence electrons. The van der Waals surface area contributed by atoms with Gasteiger partial charge in [-0.15, -0.1) is 13.2 Å². The van der Waals surface area contributed by atoms with E-state index in [1.165, 1.54) is 0 Å².